The van der Waals surface area contributed by atoms with Crippen molar-refractivity contribution >= 4 is 13.3 Å². The highest BCUT2D eigenvalue weighted by Gasteiger charge is 2.26. The Balaban J connectivity index is 1.93. The molecule has 0 saturated carbocycles. The molecule has 3 heteroatoms. The number of ether oxygens (including phenoxy) is 1. The summed E-state index contributed by atoms with van der Waals surface area (Å²) in [4.78, 5) is 0. The molecule has 0 aliphatic carbocycles. The maximum Gasteiger partial charge on any atom is 0.0775 e. The Morgan fingerprint density at radius 1 is 1.21 bits per heavy atom. The average Bonchev–Trinajstić information content (AvgIpc) is 2.37. The minimum Gasteiger partial charge on any atom is -0.380 e. The lowest BCUT2D eigenvalue weighted by atomic mass is 9.94. The van der Waals surface area contributed by atoms with E-state index in [9.17, 15) is 0 Å². The van der Waals surface area contributed by atoms with Crippen LogP contribution in [0.15, 0.2) is 24.3 Å². The third-order valence-corrected chi connectivity index (χ3v) is 6.04. The molecular formula is C16H27NOSi. The van der Waals surface area contributed by atoms with Crippen LogP contribution in [0, 0.1) is 0 Å². The molecule has 0 spiro atoms. The summed E-state index contributed by atoms with van der Waals surface area (Å²) in [7, 11) is -1.17. The van der Waals surface area contributed by atoms with Gasteiger partial charge in [-0.3, -0.25) is 0 Å². The monoisotopic (exact) mass is 277 g/mol. The summed E-state index contributed by atoms with van der Waals surface area (Å²) < 4.78 is 5.58. The van der Waals surface area contributed by atoms with E-state index in [4.69, 9.17) is 4.74 Å². The van der Waals surface area contributed by atoms with Crippen LogP contribution in [0.5, 0.6) is 0 Å². The minimum atomic E-state index is -1.17. The van der Waals surface area contributed by atoms with Crippen LogP contribution in [0.3, 0.4) is 0 Å². The number of nitrogens with one attached hydrogen (secondary N) is 1. The van der Waals surface area contributed by atoms with Gasteiger partial charge in [0.2, 0.25) is 0 Å². The van der Waals surface area contributed by atoms with Crippen LogP contribution in [0.2, 0.25) is 19.6 Å². The van der Waals surface area contributed by atoms with Crippen molar-refractivity contribution in [1.29, 1.82) is 0 Å². The normalized spacial score (nSPS) is 24.4. The minimum absolute atomic E-state index is 0.149. The van der Waals surface area contributed by atoms with E-state index in [-0.39, 0.29) is 5.54 Å². The van der Waals surface area contributed by atoms with Gasteiger partial charge in [-0.15, -0.1) is 0 Å². The molecule has 1 aromatic rings. The van der Waals surface area contributed by atoms with Gasteiger partial charge in [-0.2, -0.15) is 0 Å². The Bertz CT molecular complexity index is 402. The van der Waals surface area contributed by atoms with E-state index in [0.29, 0.717) is 0 Å². The van der Waals surface area contributed by atoms with Gasteiger partial charge in [-0.1, -0.05) is 49.1 Å². The molecule has 0 bridgehead atoms. The van der Waals surface area contributed by atoms with Crippen LogP contribution in [0.1, 0.15) is 25.3 Å². The van der Waals surface area contributed by atoms with Crippen LogP contribution in [-0.4, -0.2) is 26.8 Å². The first-order valence-corrected chi connectivity index (χ1v) is 10.8. The van der Waals surface area contributed by atoms with Crippen molar-refractivity contribution < 1.29 is 4.74 Å². The van der Waals surface area contributed by atoms with Crippen molar-refractivity contribution in [1.82, 2.24) is 5.32 Å². The van der Waals surface area contributed by atoms with Crippen molar-refractivity contribution in [3.63, 3.8) is 0 Å². The standard InChI is InChI=1S/C16H27NOSi/c1-16(10-5-11-18-13-16)17-12-14-6-8-15(9-7-14)19(2,3)4/h6-9,17H,5,10-13H2,1-4H3. The summed E-state index contributed by atoms with van der Waals surface area (Å²) in [6.45, 7) is 12.1. The van der Waals surface area contributed by atoms with Gasteiger partial charge in [0, 0.05) is 18.7 Å². The Labute approximate surface area is 118 Å². The number of rotatable bonds is 4. The molecule has 0 aromatic heterocycles. The third-order valence-electron chi connectivity index (χ3n) is 3.98. The van der Waals surface area contributed by atoms with E-state index < -0.39 is 8.07 Å². The molecule has 1 atom stereocenters. The second kappa shape index (κ2) is 5.78. The first-order chi connectivity index (χ1) is 8.89. The summed E-state index contributed by atoms with van der Waals surface area (Å²) in [5.74, 6) is 0. The van der Waals surface area contributed by atoms with Crippen LogP contribution < -0.4 is 10.5 Å². The lowest BCUT2D eigenvalue weighted by molar-refractivity contribution is 0.0278. The highest BCUT2D eigenvalue weighted by molar-refractivity contribution is 6.88. The maximum atomic E-state index is 5.58. The second-order valence-corrected chi connectivity index (χ2v) is 12.1. The van der Waals surface area contributed by atoms with Crippen molar-refractivity contribution in [2.75, 3.05) is 13.2 Å². The van der Waals surface area contributed by atoms with Gasteiger partial charge in [0.15, 0.2) is 0 Å². The second-order valence-electron chi connectivity index (χ2n) is 7.02. The summed E-state index contributed by atoms with van der Waals surface area (Å²) in [5.41, 5.74) is 1.52. The molecule has 0 amide bonds. The molecule has 1 saturated heterocycles. The summed E-state index contributed by atoms with van der Waals surface area (Å²) in [6.07, 6.45) is 2.37. The van der Waals surface area contributed by atoms with Crippen molar-refractivity contribution in [3.05, 3.63) is 29.8 Å². The first-order valence-electron chi connectivity index (χ1n) is 7.31. The summed E-state index contributed by atoms with van der Waals surface area (Å²) >= 11 is 0. The fraction of sp³-hybridized carbons (Fsp3) is 0.625. The molecule has 1 aliphatic heterocycles. The Morgan fingerprint density at radius 2 is 1.89 bits per heavy atom. The smallest absolute Gasteiger partial charge is 0.0775 e. The van der Waals surface area contributed by atoms with Crippen LogP contribution >= 0.6 is 0 Å². The number of benzene rings is 1. The van der Waals surface area contributed by atoms with E-state index in [1.807, 2.05) is 0 Å². The molecule has 1 fully saturated rings. The maximum absolute atomic E-state index is 5.58. The van der Waals surface area contributed by atoms with Crippen LogP contribution in [0.4, 0.5) is 0 Å². The Hall–Kier alpha value is -0.643. The van der Waals surface area contributed by atoms with Crippen LogP contribution in [0.25, 0.3) is 0 Å². The topological polar surface area (TPSA) is 21.3 Å². The zero-order valence-electron chi connectivity index (χ0n) is 12.8. The molecule has 2 rings (SSSR count). The fourth-order valence-corrected chi connectivity index (χ4v) is 3.68. The molecule has 19 heavy (non-hydrogen) atoms. The lowest BCUT2D eigenvalue weighted by Crippen LogP contribution is -2.48. The highest BCUT2D eigenvalue weighted by atomic mass is 28.3. The molecule has 1 aliphatic rings. The predicted octanol–water partition coefficient (Wildman–Crippen LogP) is 2.89. The largest absolute Gasteiger partial charge is 0.380 e. The lowest BCUT2D eigenvalue weighted by Gasteiger charge is -2.34. The molecule has 106 valence electrons. The van der Waals surface area contributed by atoms with E-state index in [0.717, 1.165) is 26.2 Å². The van der Waals surface area contributed by atoms with Crippen molar-refractivity contribution in [2.45, 2.75) is 51.5 Å². The highest BCUT2D eigenvalue weighted by Crippen LogP contribution is 2.18. The van der Waals surface area contributed by atoms with Crippen LogP contribution in [-0.2, 0) is 11.3 Å². The molecule has 1 heterocycles. The molecule has 2 nitrogen and oxygen atoms in total. The van der Waals surface area contributed by atoms with Gasteiger partial charge in [0.1, 0.15) is 0 Å². The van der Waals surface area contributed by atoms with E-state index in [2.05, 4.69) is 56.1 Å². The van der Waals surface area contributed by atoms with E-state index in [1.165, 1.54) is 17.2 Å². The zero-order chi connectivity index (χ0) is 13.9. The summed E-state index contributed by atoms with van der Waals surface area (Å²) in [5, 5.41) is 5.19. The molecule has 1 unspecified atom stereocenters. The SMILES string of the molecule is CC1(NCc2ccc([Si](C)(C)C)cc2)CCCOC1. The summed E-state index contributed by atoms with van der Waals surface area (Å²) in [6, 6.07) is 9.16. The van der Waals surface area contributed by atoms with Gasteiger partial charge in [0.05, 0.1) is 14.7 Å². The zero-order valence-corrected chi connectivity index (χ0v) is 13.8. The fourth-order valence-electron chi connectivity index (χ4n) is 2.51. The molecule has 1 N–H and O–H groups in total. The average molecular weight is 277 g/mol. The van der Waals surface area contributed by atoms with Gasteiger partial charge in [-0.25, -0.2) is 0 Å². The number of hydrogen-bond donors (Lipinski definition) is 1. The van der Waals surface area contributed by atoms with Gasteiger partial charge in [0.25, 0.3) is 0 Å². The van der Waals surface area contributed by atoms with Crippen molar-refractivity contribution in [2.24, 2.45) is 0 Å². The first kappa shape index (κ1) is 14.8. The number of hydrogen-bond acceptors (Lipinski definition) is 2. The third kappa shape index (κ3) is 4.16. The molecule has 1 aromatic carbocycles. The Kier molecular flexibility index (Phi) is 4.49. The van der Waals surface area contributed by atoms with Gasteiger partial charge in [-0.05, 0) is 25.3 Å². The predicted molar refractivity (Wildman–Crippen MR) is 84.7 cm³/mol. The Morgan fingerprint density at radius 3 is 2.42 bits per heavy atom. The van der Waals surface area contributed by atoms with Gasteiger partial charge < -0.3 is 10.1 Å². The van der Waals surface area contributed by atoms with E-state index >= 15 is 0 Å². The molecular weight excluding hydrogens is 250 g/mol. The van der Waals surface area contributed by atoms with E-state index in [1.54, 1.807) is 0 Å². The quantitative estimate of drug-likeness (QED) is 0.855. The van der Waals surface area contributed by atoms with Gasteiger partial charge >= 0.3 is 0 Å². The molecule has 0 radical (unpaired) electrons. The van der Waals surface area contributed by atoms with Crippen molar-refractivity contribution in [3.8, 4) is 0 Å².